The zero-order chi connectivity index (χ0) is 25.9. The van der Waals surface area contributed by atoms with Crippen molar-refractivity contribution in [2.75, 3.05) is 28.8 Å². The third-order valence-corrected chi connectivity index (χ3v) is 9.36. The molecule has 0 aromatic heterocycles. The average molecular weight is 546 g/mol. The number of amides is 1. The van der Waals surface area contributed by atoms with Gasteiger partial charge in [-0.15, -0.1) is 11.8 Å². The Bertz CT molecular complexity index is 1480. The molecule has 11 heteroatoms. The van der Waals surface area contributed by atoms with E-state index in [0.29, 0.717) is 29.2 Å². The van der Waals surface area contributed by atoms with Crippen molar-refractivity contribution < 1.29 is 21.6 Å². The fourth-order valence-electron chi connectivity index (χ4n) is 3.95. The molecule has 1 saturated heterocycles. The highest BCUT2D eigenvalue weighted by Gasteiger charge is 2.25. The van der Waals surface area contributed by atoms with Crippen molar-refractivity contribution in [2.45, 2.75) is 34.5 Å². The first kappa shape index (κ1) is 26.1. The Kier molecular flexibility index (Phi) is 7.62. The highest BCUT2D eigenvalue weighted by molar-refractivity contribution is 7.98. The molecule has 0 saturated carbocycles. The van der Waals surface area contributed by atoms with Crippen LogP contribution in [0.1, 0.15) is 28.8 Å². The topological polar surface area (TPSA) is 113 Å². The number of likely N-dealkylation sites (tertiary alicyclic amines) is 1. The Balaban J connectivity index is 1.54. The maximum absolute atomic E-state index is 13.1. The van der Waals surface area contributed by atoms with Crippen molar-refractivity contribution >= 4 is 49.1 Å². The average Bonchev–Trinajstić information content (AvgIpc) is 3.38. The van der Waals surface area contributed by atoms with Gasteiger partial charge in [-0.05, 0) is 86.2 Å². The quantitative estimate of drug-likeness (QED) is 0.402. The number of anilines is 2. The van der Waals surface area contributed by atoms with E-state index in [0.717, 1.165) is 18.4 Å². The lowest BCUT2D eigenvalue weighted by Gasteiger charge is -2.18. The van der Waals surface area contributed by atoms with E-state index < -0.39 is 20.0 Å². The molecule has 36 heavy (non-hydrogen) atoms. The lowest BCUT2D eigenvalue weighted by atomic mass is 10.2. The lowest BCUT2D eigenvalue weighted by molar-refractivity contribution is 0.0789. The van der Waals surface area contributed by atoms with Crippen molar-refractivity contribution in [3.05, 3.63) is 77.9 Å². The molecule has 0 bridgehead atoms. The van der Waals surface area contributed by atoms with Gasteiger partial charge in [-0.3, -0.25) is 14.2 Å². The highest BCUT2D eigenvalue weighted by Crippen LogP contribution is 2.28. The van der Waals surface area contributed by atoms with E-state index >= 15 is 0 Å². The minimum atomic E-state index is -4.01. The van der Waals surface area contributed by atoms with Gasteiger partial charge in [-0.25, -0.2) is 16.8 Å². The Morgan fingerprint density at radius 2 is 1.42 bits per heavy atom. The summed E-state index contributed by atoms with van der Waals surface area (Å²) >= 11 is 1.39. The fraction of sp³-hybridized carbons (Fsp3) is 0.240. The first-order valence-electron chi connectivity index (χ1n) is 11.3. The monoisotopic (exact) mass is 545 g/mol. The summed E-state index contributed by atoms with van der Waals surface area (Å²) in [5.74, 6) is -0.176. The van der Waals surface area contributed by atoms with E-state index in [1.165, 1.54) is 48.2 Å². The minimum absolute atomic E-state index is 0.00484. The number of thioether (sulfide) groups is 1. The van der Waals surface area contributed by atoms with Crippen LogP contribution in [0.5, 0.6) is 0 Å². The molecule has 0 unspecified atom stereocenters. The van der Waals surface area contributed by atoms with Crippen LogP contribution in [0.4, 0.5) is 11.4 Å². The molecule has 1 fully saturated rings. The van der Waals surface area contributed by atoms with Gasteiger partial charge in [-0.2, -0.15) is 0 Å². The van der Waals surface area contributed by atoms with Gasteiger partial charge >= 0.3 is 0 Å². The molecule has 4 rings (SSSR count). The van der Waals surface area contributed by atoms with E-state index in [1.807, 2.05) is 19.2 Å². The van der Waals surface area contributed by atoms with Crippen LogP contribution in [0.2, 0.25) is 0 Å². The molecular weight excluding hydrogens is 518 g/mol. The Morgan fingerprint density at radius 1 is 0.806 bits per heavy atom. The van der Waals surface area contributed by atoms with Gasteiger partial charge < -0.3 is 4.90 Å². The Labute approximate surface area is 216 Å². The smallest absolute Gasteiger partial charge is 0.261 e. The maximum Gasteiger partial charge on any atom is 0.261 e. The van der Waals surface area contributed by atoms with Crippen LogP contribution in [-0.2, 0) is 20.0 Å². The number of benzene rings is 3. The van der Waals surface area contributed by atoms with Gasteiger partial charge in [-0.1, -0.05) is 12.1 Å². The fourth-order valence-corrected chi connectivity index (χ4v) is 6.65. The number of carbonyl (C=O) groups excluding carboxylic acids is 1. The van der Waals surface area contributed by atoms with E-state index in [2.05, 4.69) is 9.44 Å². The summed E-state index contributed by atoms with van der Waals surface area (Å²) in [6.07, 6.45) is 3.71. The van der Waals surface area contributed by atoms with Crippen LogP contribution in [0.15, 0.2) is 81.4 Å². The SMILES string of the molecule is CSc1ccc(S(=O)(=O)Nc2ccc(S(=O)(=O)Nc3cccc(C)c3)cc2)cc1C(=O)N1CCCC1. The number of hydrogen-bond acceptors (Lipinski definition) is 6. The molecule has 1 aliphatic heterocycles. The van der Waals surface area contributed by atoms with Gasteiger partial charge in [0.2, 0.25) is 0 Å². The molecule has 190 valence electrons. The number of carbonyl (C=O) groups is 1. The standard InChI is InChI=1S/C25H27N3O5S3/c1-18-6-5-7-20(16-18)27-35(30,31)21-10-8-19(9-11-21)26-36(32,33)22-12-13-24(34-2)23(17-22)25(29)28-14-3-4-15-28/h5-13,16-17,26-27H,3-4,14-15H2,1-2H3. The lowest BCUT2D eigenvalue weighted by Crippen LogP contribution is -2.28. The molecule has 0 aliphatic carbocycles. The molecule has 8 nitrogen and oxygen atoms in total. The number of nitrogens with zero attached hydrogens (tertiary/aromatic N) is 1. The number of rotatable bonds is 8. The first-order valence-corrected chi connectivity index (χ1v) is 15.5. The zero-order valence-corrected chi connectivity index (χ0v) is 22.3. The van der Waals surface area contributed by atoms with Gasteiger partial charge in [0.25, 0.3) is 26.0 Å². The molecule has 2 N–H and O–H groups in total. The van der Waals surface area contributed by atoms with Crippen molar-refractivity contribution in [1.82, 2.24) is 4.90 Å². The van der Waals surface area contributed by atoms with E-state index in [9.17, 15) is 21.6 Å². The third kappa shape index (κ3) is 5.85. The number of aryl methyl sites for hydroxylation is 1. The normalized spacial score (nSPS) is 14.0. The maximum atomic E-state index is 13.1. The molecule has 0 atom stereocenters. The molecular formula is C25H27N3O5S3. The van der Waals surface area contributed by atoms with Crippen LogP contribution in [0.25, 0.3) is 0 Å². The Hall–Kier alpha value is -3.02. The van der Waals surface area contributed by atoms with Crippen molar-refractivity contribution in [2.24, 2.45) is 0 Å². The summed E-state index contributed by atoms with van der Waals surface area (Å²) in [7, 11) is -7.86. The third-order valence-electron chi connectivity index (χ3n) is 5.79. The van der Waals surface area contributed by atoms with Crippen LogP contribution in [-0.4, -0.2) is 47.0 Å². The number of hydrogen-bond donors (Lipinski definition) is 2. The van der Waals surface area contributed by atoms with Gasteiger partial charge in [0.05, 0.1) is 15.4 Å². The second-order valence-electron chi connectivity index (χ2n) is 8.47. The molecule has 3 aromatic rings. The largest absolute Gasteiger partial charge is 0.339 e. The van der Waals surface area contributed by atoms with Crippen LogP contribution in [0, 0.1) is 6.92 Å². The predicted octanol–water partition coefficient (Wildman–Crippen LogP) is 4.55. The predicted molar refractivity (Wildman–Crippen MR) is 143 cm³/mol. The first-order chi connectivity index (χ1) is 17.1. The summed E-state index contributed by atoms with van der Waals surface area (Å²) in [6, 6.07) is 16.9. The molecule has 3 aromatic carbocycles. The van der Waals surface area contributed by atoms with Crippen molar-refractivity contribution in [3.8, 4) is 0 Å². The second-order valence-corrected chi connectivity index (χ2v) is 12.7. The summed E-state index contributed by atoms with van der Waals surface area (Å²) < 4.78 is 56.6. The molecule has 1 amide bonds. The van der Waals surface area contributed by atoms with Crippen molar-refractivity contribution in [1.29, 1.82) is 0 Å². The molecule has 0 spiro atoms. The van der Waals surface area contributed by atoms with Crippen LogP contribution < -0.4 is 9.44 Å². The second kappa shape index (κ2) is 10.5. The number of nitrogens with one attached hydrogen (secondary N) is 2. The van der Waals surface area contributed by atoms with E-state index in [1.54, 1.807) is 29.2 Å². The van der Waals surface area contributed by atoms with E-state index in [-0.39, 0.29) is 21.4 Å². The molecule has 0 radical (unpaired) electrons. The molecule has 1 aliphatic rings. The minimum Gasteiger partial charge on any atom is -0.339 e. The van der Waals surface area contributed by atoms with Crippen LogP contribution >= 0.6 is 11.8 Å². The number of sulfonamides is 2. The summed E-state index contributed by atoms with van der Waals surface area (Å²) in [5, 5.41) is 0. The van der Waals surface area contributed by atoms with Gasteiger partial charge in [0.1, 0.15) is 0 Å². The zero-order valence-electron chi connectivity index (χ0n) is 19.9. The Morgan fingerprint density at radius 3 is 2.06 bits per heavy atom. The van der Waals surface area contributed by atoms with Gasteiger partial charge in [0, 0.05) is 29.4 Å². The summed E-state index contributed by atoms with van der Waals surface area (Å²) in [5.41, 5.74) is 1.91. The van der Waals surface area contributed by atoms with Crippen LogP contribution in [0.3, 0.4) is 0 Å². The summed E-state index contributed by atoms with van der Waals surface area (Å²) in [6.45, 7) is 3.18. The van der Waals surface area contributed by atoms with Gasteiger partial charge in [0.15, 0.2) is 0 Å². The van der Waals surface area contributed by atoms with Crippen molar-refractivity contribution in [3.63, 3.8) is 0 Å². The highest BCUT2D eigenvalue weighted by atomic mass is 32.2. The van der Waals surface area contributed by atoms with E-state index in [4.69, 9.17) is 0 Å². The molecule has 1 heterocycles. The summed E-state index contributed by atoms with van der Waals surface area (Å²) in [4.78, 5) is 15.4.